The molecule has 1 heterocycles. The Morgan fingerprint density at radius 2 is 2.04 bits per heavy atom. The zero-order chi connectivity index (χ0) is 17.0. The number of anilines is 1. The van der Waals surface area contributed by atoms with E-state index in [1.807, 2.05) is 6.92 Å². The lowest BCUT2D eigenvalue weighted by molar-refractivity contribution is -0.145. The van der Waals surface area contributed by atoms with Gasteiger partial charge >= 0.3 is 11.8 Å². The molecule has 0 atom stereocenters. The molecular formula is C16H20ClFN2O3. The van der Waals surface area contributed by atoms with Crippen LogP contribution in [0.25, 0.3) is 0 Å². The van der Waals surface area contributed by atoms with Crippen molar-refractivity contribution in [2.45, 2.75) is 26.2 Å². The van der Waals surface area contributed by atoms with Crippen LogP contribution >= 0.6 is 11.6 Å². The molecule has 1 fully saturated rings. The van der Waals surface area contributed by atoms with Crippen LogP contribution < -0.4 is 5.32 Å². The predicted octanol–water partition coefficient (Wildman–Crippen LogP) is 2.43. The maximum Gasteiger partial charge on any atom is 0.313 e. The highest BCUT2D eigenvalue weighted by atomic mass is 35.5. The van der Waals surface area contributed by atoms with E-state index < -0.39 is 17.6 Å². The molecule has 5 nitrogen and oxygen atoms in total. The predicted molar refractivity (Wildman–Crippen MR) is 85.7 cm³/mol. The molecular weight excluding hydrogens is 323 g/mol. The summed E-state index contributed by atoms with van der Waals surface area (Å²) in [6.45, 7) is 2.91. The number of hydrogen-bond donors (Lipinski definition) is 2. The monoisotopic (exact) mass is 342 g/mol. The maximum atomic E-state index is 13.2. The van der Waals surface area contributed by atoms with Crippen molar-refractivity contribution in [2.75, 3.05) is 25.0 Å². The van der Waals surface area contributed by atoms with Crippen LogP contribution in [0.15, 0.2) is 18.2 Å². The Balaban J connectivity index is 1.98. The molecule has 0 aromatic heterocycles. The van der Waals surface area contributed by atoms with E-state index in [1.54, 1.807) is 0 Å². The second-order valence-electron chi connectivity index (χ2n) is 5.88. The number of aliphatic hydroxyl groups excluding tert-OH is 1. The van der Waals surface area contributed by atoms with Crippen LogP contribution in [0.3, 0.4) is 0 Å². The highest BCUT2D eigenvalue weighted by Crippen LogP contribution is 2.34. The third kappa shape index (κ3) is 4.00. The van der Waals surface area contributed by atoms with Crippen LogP contribution in [0.5, 0.6) is 0 Å². The summed E-state index contributed by atoms with van der Waals surface area (Å²) in [6, 6.07) is 3.55. The van der Waals surface area contributed by atoms with Crippen LogP contribution in [0.2, 0.25) is 5.02 Å². The lowest BCUT2D eigenvalue weighted by atomic mass is 9.77. The molecule has 1 aromatic carbocycles. The summed E-state index contributed by atoms with van der Waals surface area (Å²) in [5.74, 6) is -2.07. The number of carbonyl (C=O) groups is 2. The second kappa shape index (κ2) is 7.27. The van der Waals surface area contributed by atoms with Gasteiger partial charge in [0, 0.05) is 19.7 Å². The SMILES string of the molecule is CCC1(CO)CCN(C(=O)C(=O)Nc2cc(F)ccc2Cl)CC1. The number of rotatable bonds is 3. The number of aliphatic hydroxyl groups is 1. The number of likely N-dealkylation sites (tertiary alicyclic amines) is 1. The van der Waals surface area contributed by atoms with E-state index in [4.69, 9.17) is 11.6 Å². The molecule has 0 spiro atoms. The first-order valence-corrected chi connectivity index (χ1v) is 7.95. The largest absolute Gasteiger partial charge is 0.396 e. The van der Waals surface area contributed by atoms with Gasteiger partial charge < -0.3 is 15.3 Å². The van der Waals surface area contributed by atoms with Crippen molar-refractivity contribution >= 4 is 29.1 Å². The molecule has 0 bridgehead atoms. The summed E-state index contributed by atoms with van der Waals surface area (Å²) in [5, 5.41) is 12.0. The number of nitrogens with zero attached hydrogens (tertiary/aromatic N) is 1. The van der Waals surface area contributed by atoms with E-state index in [0.717, 1.165) is 12.5 Å². The van der Waals surface area contributed by atoms with Crippen LogP contribution in [0, 0.1) is 11.2 Å². The molecule has 1 aromatic rings. The number of hydrogen-bond acceptors (Lipinski definition) is 3. The molecule has 23 heavy (non-hydrogen) atoms. The lowest BCUT2D eigenvalue weighted by Gasteiger charge is -2.39. The van der Waals surface area contributed by atoms with Crippen molar-refractivity contribution in [1.82, 2.24) is 4.90 Å². The van der Waals surface area contributed by atoms with Crippen molar-refractivity contribution in [3.05, 3.63) is 29.0 Å². The van der Waals surface area contributed by atoms with Gasteiger partial charge in [-0.2, -0.15) is 0 Å². The summed E-state index contributed by atoms with van der Waals surface area (Å²) in [7, 11) is 0. The van der Waals surface area contributed by atoms with Crippen molar-refractivity contribution in [2.24, 2.45) is 5.41 Å². The summed E-state index contributed by atoms with van der Waals surface area (Å²) < 4.78 is 13.2. The Morgan fingerprint density at radius 3 is 2.61 bits per heavy atom. The zero-order valence-corrected chi connectivity index (χ0v) is 13.7. The van der Waals surface area contributed by atoms with Gasteiger partial charge in [-0.05, 0) is 42.9 Å². The molecule has 126 valence electrons. The third-order valence-corrected chi connectivity index (χ3v) is 4.90. The zero-order valence-electron chi connectivity index (χ0n) is 12.9. The molecule has 2 N–H and O–H groups in total. The van der Waals surface area contributed by atoms with Crippen molar-refractivity contribution < 1.29 is 19.1 Å². The van der Waals surface area contributed by atoms with Gasteiger partial charge in [-0.1, -0.05) is 18.5 Å². The van der Waals surface area contributed by atoms with Crippen molar-refractivity contribution in [3.8, 4) is 0 Å². The first-order valence-electron chi connectivity index (χ1n) is 7.57. The lowest BCUT2D eigenvalue weighted by Crippen LogP contribution is -2.48. The van der Waals surface area contributed by atoms with E-state index in [0.29, 0.717) is 25.9 Å². The summed E-state index contributed by atoms with van der Waals surface area (Å²) in [5.41, 5.74) is -0.0978. The Morgan fingerprint density at radius 1 is 1.39 bits per heavy atom. The number of benzene rings is 1. The van der Waals surface area contributed by atoms with Crippen molar-refractivity contribution in [3.63, 3.8) is 0 Å². The fraction of sp³-hybridized carbons (Fsp3) is 0.500. The van der Waals surface area contributed by atoms with E-state index in [-0.39, 0.29) is 22.7 Å². The maximum absolute atomic E-state index is 13.2. The average molecular weight is 343 g/mol. The van der Waals surface area contributed by atoms with Crippen LogP contribution in [-0.2, 0) is 9.59 Å². The normalized spacial score (nSPS) is 17.0. The first-order chi connectivity index (χ1) is 10.9. The van der Waals surface area contributed by atoms with Gasteiger partial charge in [-0.15, -0.1) is 0 Å². The van der Waals surface area contributed by atoms with Gasteiger partial charge in [-0.25, -0.2) is 4.39 Å². The quantitative estimate of drug-likeness (QED) is 0.829. The molecule has 7 heteroatoms. The molecule has 0 aliphatic carbocycles. The van der Waals surface area contributed by atoms with E-state index >= 15 is 0 Å². The molecule has 1 aliphatic rings. The Hall–Kier alpha value is -1.66. The topological polar surface area (TPSA) is 69.6 Å². The second-order valence-corrected chi connectivity index (χ2v) is 6.29. The number of halogens is 2. The summed E-state index contributed by atoms with van der Waals surface area (Å²) >= 11 is 5.87. The molecule has 1 aliphatic heterocycles. The fourth-order valence-corrected chi connectivity index (χ4v) is 2.89. The number of amides is 2. The number of carbonyl (C=O) groups excluding carboxylic acids is 2. The average Bonchev–Trinajstić information content (AvgIpc) is 2.57. The third-order valence-electron chi connectivity index (χ3n) is 4.57. The van der Waals surface area contributed by atoms with Crippen molar-refractivity contribution in [1.29, 1.82) is 0 Å². The molecule has 0 unspecified atom stereocenters. The van der Waals surface area contributed by atoms with Crippen LogP contribution in [-0.4, -0.2) is 41.5 Å². The summed E-state index contributed by atoms with van der Waals surface area (Å²) in [4.78, 5) is 25.7. The minimum atomic E-state index is -0.842. The Labute approximate surface area is 139 Å². The van der Waals surface area contributed by atoms with Gasteiger partial charge in [0.25, 0.3) is 0 Å². The van der Waals surface area contributed by atoms with Crippen LogP contribution in [0.1, 0.15) is 26.2 Å². The molecule has 0 radical (unpaired) electrons. The highest BCUT2D eigenvalue weighted by molar-refractivity contribution is 6.41. The highest BCUT2D eigenvalue weighted by Gasteiger charge is 2.35. The molecule has 2 amide bonds. The van der Waals surface area contributed by atoms with Crippen LogP contribution in [0.4, 0.5) is 10.1 Å². The minimum absolute atomic E-state index is 0.0697. The van der Waals surface area contributed by atoms with E-state index in [2.05, 4.69) is 5.32 Å². The van der Waals surface area contributed by atoms with Gasteiger partial charge in [0.15, 0.2) is 0 Å². The van der Waals surface area contributed by atoms with Gasteiger partial charge in [0.05, 0.1) is 10.7 Å². The van der Waals surface area contributed by atoms with Gasteiger partial charge in [-0.3, -0.25) is 9.59 Å². The van der Waals surface area contributed by atoms with Gasteiger partial charge in [0.2, 0.25) is 0 Å². The first kappa shape index (κ1) is 17.7. The number of nitrogens with one attached hydrogen (secondary N) is 1. The smallest absolute Gasteiger partial charge is 0.313 e. The minimum Gasteiger partial charge on any atom is -0.396 e. The molecule has 2 rings (SSSR count). The van der Waals surface area contributed by atoms with E-state index in [1.165, 1.54) is 17.0 Å². The molecule has 1 saturated heterocycles. The van der Waals surface area contributed by atoms with Gasteiger partial charge in [0.1, 0.15) is 5.82 Å². The Bertz CT molecular complexity index is 595. The number of piperidine rings is 1. The standard InChI is InChI=1S/C16H20ClFN2O3/c1-2-16(10-21)5-7-20(8-6-16)15(23)14(22)19-13-9-11(18)3-4-12(13)17/h3-4,9,21H,2,5-8,10H2,1H3,(H,19,22). The molecule has 0 saturated carbocycles. The fourth-order valence-electron chi connectivity index (χ4n) is 2.72. The Kier molecular flexibility index (Phi) is 5.59. The van der Waals surface area contributed by atoms with E-state index in [9.17, 15) is 19.1 Å². The summed E-state index contributed by atoms with van der Waals surface area (Å²) in [6.07, 6.45) is 2.14.